The van der Waals surface area contributed by atoms with Crippen molar-refractivity contribution in [1.82, 2.24) is 5.32 Å². The maximum atomic E-state index is 12.5. The molecular formula is C20H23NOS2. The van der Waals surface area contributed by atoms with Gasteiger partial charge in [0.15, 0.2) is 0 Å². The van der Waals surface area contributed by atoms with Crippen molar-refractivity contribution < 1.29 is 4.79 Å². The molecule has 2 aromatic carbocycles. The van der Waals surface area contributed by atoms with Crippen LogP contribution >= 0.6 is 23.5 Å². The Hall–Kier alpha value is -1.39. The first-order valence-corrected chi connectivity index (χ1v) is 10.4. The number of hydrogen-bond acceptors (Lipinski definition) is 3. The van der Waals surface area contributed by atoms with Gasteiger partial charge in [0.05, 0.1) is 10.6 Å². The fourth-order valence-corrected chi connectivity index (χ4v) is 5.79. The first-order valence-electron chi connectivity index (χ1n) is 8.26. The van der Waals surface area contributed by atoms with E-state index >= 15 is 0 Å². The number of benzene rings is 2. The monoisotopic (exact) mass is 357 g/mol. The molecule has 126 valence electrons. The molecule has 1 heterocycles. The van der Waals surface area contributed by atoms with Gasteiger partial charge in [-0.2, -0.15) is 0 Å². The largest absolute Gasteiger partial charge is 0.346 e. The van der Waals surface area contributed by atoms with E-state index < -0.39 is 0 Å². The average molecular weight is 358 g/mol. The summed E-state index contributed by atoms with van der Waals surface area (Å²) in [4.78, 5) is 12.5. The molecule has 4 heteroatoms. The maximum Gasteiger partial charge on any atom is 0.251 e. The molecule has 0 radical (unpaired) electrons. The summed E-state index contributed by atoms with van der Waals surface area (Å²) in [6.45, 7) is 6.21. The molecule has 1 amide bonds. The second-order valence-electron chi connectivity index (χ2n) is 6.25. The summed E-state index contributed by atoms with van der Waals surface area (Å²) >= 11 is 3.97. The molecule has 2 nitrogen and oxygen atoms in total. The number of aryl methyl sites for hydroxylation is 2. The molecule has 0 aromatic heterocycles. The van der Waals surface area contributed by atoms with Gasteiger partial charge in [0, 0.05) is 17.1 Å². The molecule has 1 atom stereocenters. The Labute approximate surface area is 152 Å². The van der Waals surface area contributed by atoms with E-state index in [1.807, 2.05) is 42.6 Å². The number of hydrogen-bond donors (Lipinski definition) is 1. The Balaban J connectivity index is 1.68. The molecule has 1 N–H and O–H groups in total. The standard InChI is InChI=1S/C20H23NOS2/c1-13-4-5-14(2)18(12-13)15(3)21-19(22)16-6-8-17(9-7-16)20-23-10-11-24-20/h4-9,12,15,20H,10-11H2,1-3H3,(H,21,22). The summed E-state index contributed by atoms with van der Waals surface area (Å²) in [5, 5.41) is 3.12. The molecule has 2 aromatic rings. The van der Waals surface area contributed by atoms with Crippen molar-refractivity contribution in [2.45, 2.75) is 31.4 Å². The van der Waals surface area contributed by atoms with Gasteiger partial charge in [-0.25, -0.2) is 0 Å². The van der Waals surface area contributed by atoms with Crippen molar-refractivity contribution in [2.75, 3.05) is 11.5 Å². The summed E-state index contributed by atoms with van der Waals surface area (Å²) in [5.74, 6) is 2.41. The fraction of sp³-hybridized carbons (Fsp3) is 0.350. The van der Waals surface area contributed by atoms with Gasteiger partial charge in [-0.15, -0.1) is 23.5 Å². The molecule has 1 aliphatic rings. The number of carbonyl (C=O) groups is 1. The van der Waals surface area contributed by atoms with Crippen LogP contribution in [-0.2, 0) is 0 Å². The smallest absolute Gasteiger partial charge is 0.251 e. The summed E-state index contributed by atoms with van der Waals surface area (Å²) < 4.78 is 0.524. The number of carbonyl (C=O) groups excluding carboxylic acids is 1. The first kappa shape index (κ1) is 17.4. The van der Waals surface area contributed by atoms with Crippen molar-refractivity contribution in [2.24, 2.45) is 0 Å². The molecule has 0 spiro atoms. The molecule has 0 saturated carbocycles. The summed E-state index contributed by atoms with van der Waals surface area (Å²) in [7, 11) is 0. The predicted molar refractivity (Wildman–Crippen MR) is 106 cm³/mol. The van der Waals surface area contributed by atoms with E-state index in [0.717, 1.165) is 5.56 Å². The lowest BCUT2D eigenvalue weighted by Gasteiger charge is -2.18. The zero-order valence-corrected chi connectivity index (χ0v) is 16.0. The Bertz CT molecular complexity index is 721. The molecule has 0 bridgehead atoms. The van der Waals surface area contributed by atoms with Crippen LogP contribution in [0.1, 0.15) is 50.2 Å². The van der Waals surface area contributed by atoms with Gasteiger partial charge in [-0.05, 0) is 49.6 Å². The minimum atomic E-state index is -0.0123. The minimum Gasteiger partial charge on any atom is -0.346 e. The molecular weight excluding hydrogens is 334 g/mol. The second-order valence-corrected chi connectivity index (χ2v) is 8.98. The second kappa shape index (κ2) is 7.66. The van der Waals surface area contributed by atoms with Gasteiger partial charge < -0.3 is 5.32 Å². The van der Waals surface area contributed by atoms with E-state index in [-0.39, 0.29) is 11.9 Å². The predicted octanol–water partition coefficient (Wildman–Crippen LogP) is 5.27. The van der Waals surface area contributed by atoms with Crippen LogP contribution in [0.3, 0.4) is 0 Å². The summed E-state index contributed by atoms with van der Waals surface area (Å²) in [5.41, 5.74) is 5.64. The fourth-order valence-electron chi connectivity index (χ4n) is 2.93. The SMILES string of the molecule is Cc1ccc(C)c(C(C)NC(=O)c2ccc(C3SCCS3)cc2)c1. The van der Waals surface area contributed by atoms with E-state index in [1.165, 1.54) is 33.8 Å². The molecule has 3 rings (SSSR count). The van der Waals surface area contributed by atoms with Crippen molar-refractivity contribution in [3.63, 3.8) is 0 Å². The van der Waals surface area contributed by atoms with Crippen LogP contribution in [0.2, 0.25) is 0 Å². The van der Waals surface area contributed by atoms with Crippen molar-refractivity contribution in [3.8, 4) is 0 Å². The third kappa shape index (κ3) is 3.98. The zero-order valence-electron chi connectivity index (χ0n) is 14.3. The van der Waals surface area contributed by atoms with Crippen LogP contribution in [-0.4, -0.2) is 17.4 Å². The number of nitrogens with one attached hydrogen (secondary N) is 1. The van der Waals surface area contributed by atoms with Crippen LogP contribution in [0.15, 0.2) is 42.5 Å². The third-order valence-corrected chi connectivity index (χ3v) is 7.42. The van der Waals surface area contributed by atoms with Gasteiger partial charge in [-0.1, -0.05) is 35.9 Å². The van der Waals surface area contributed by atoms with Gasteiger partial charge in [0.25, 0.3) is 5.91 Å². The van der Waals surface area contributed by atoms with Crippen molar-refractivity contribution in [3.05, 3.63) is 70.3 Å². The van der Waals surface area contributed by atoms with Crippen LogP contribution in [0.4, 0.5) is 0 Å². The lowest BCUT2D eigenvalue weighted by molar-refractivity contribution is 0.0940. The van der Waals surface area contributed by atoms with Crippen molar-refractivity contribution in [1.29, 1.82) is 0 Å². The lowest BCUT2D eigenvalue weighted by Crippen LogP contribution is -2.27. The highest BCUT2D eigenvalue weighted by Gasteiger charge is 2.19. The highest BCUT2D eigenvalue weighted by Crippen LogP contribution is 2.45. The quantitative estimate of drug-likeness (QED) is 0.808. The summed E-state index contributed by atoms with van der Waals surface area (Å²) in [6, 6.07) is 14.4. The minimum absolute atomic E-state index is 0.00183. The highest BCUT2D eigenvalue weighted by atomic mass is 32.2. The van der Waals surface area contributed by atoms with Gasteiger partial charge in [0.1, 0.15) is 0 Å². The third-order valence-electron chi connectivity index (χ3n) is 4.32. The molecule has 1 saturated heterocycles. The molecule has 1 unspecified atom stereocenters. The van der Waals surface area contributed by atoms with Crippen LogP contribution in [0, 0.1) is 13.8 Å². The topological polar surface area (TPSA) is 29.1 Å². The molecule has 0 aliphatic carbocycles. The Kier molecular flexibility index (Phi) is 5.57. The zero-order chi connectivity index (χ0) is 17.1. The van der Waals surface area contributed by atoms with Crippen molar-refractivity contribution >= 4 is 29.4 Å². The first-order chi connectivity index (χ1) is 11.5. The van der Waals surface area contributed by atoms with Crippen LogP contribution in [0.25, 0.3) is 0 Å². The van der Waals surface area contributed by atoms with E-state index in [4.69, 9.17) is 0 Å². The number of rotatable bonds is 4. The van der Waals surface area contributed by atoms with E-state index in [9.17, 15) is 4.79 Å². The molecule has 1 aliphatic heterocycles. The molecule has 24 heavy (non-hydrogen) atoms. The van der Waals surface area contributed by atoms with E-state index in [1.54, 1.807) is 0 Å². The maximum absolute atomic E-state index is 12.5. The highest BCUT2D eigenvalue weighted by molar-refractivity contribution is 8.19. The van der Waals surface area contributed by atoms with E-state index in [0.29, 0.717) is 4.58 Å². The average Bonchev–Trinajstić information content (AvgIpc) is 3.11. The van der Waals surface area contributed by atoms with Crippen LogP contribution in [0.5, 0.6) is 0 Å². The number of thioether (sulfide) groups is 2. The van der Waals surface area contributed by atoms with Gasteiger partial charge in [-0.3, -0.25) is 4.79 Å². The Morgan fingerprint density at radius 1 is 1.08 bits per heavy atom. The normalized spacial score (nSPS) is 16.1. The van der Waals surface area contributed by atoms with Gasteiger partial charge in [0.2, 0.25) is 0 Å². The molecule has 1 fully saturated rings. The van der Waals surface area contributed by atoms with Gasteiger partial charge >= 0.3 is 0 Å². The Morgan fingerprint density at radius 3 is 2.42 bits per heavy atom. The summed E-state index contributed by atoms with van der Waals surface area (Å²) in [6.07, 6.45) is 0. The van der Waals surface area contributed by atoms with E-state index in [2.05, 4.69) is 49.5 Å². The van der Waals surface area contributed by atoms with Crippen LogP contribution < -0.4 is 5.32 Å². The number of amides is 1. The lowest BCUT2D eigenvalue weighted by atomic mass is 9.99. The Morgan fingerprint density at radius 2 is 1.75 bits per heavy atom.